The second-order valence-electron chi connectivity index (χ2n) is 21.7. The highest BCUT2D eigenvalue weighted by Gasteiger charge is 2.39. The number of ketones is 2. The second kappa shape index (κ2) is 17.3. The largest absolute Gasteiger partial charge is 0.455 e. The van der Waals surface area contributed by atoms with Gasteiger partial charge in [-0.05, 0) is 121 Å². The van der Waals surface area contributed by atoms with Crippen LogP contribution in [0.15, 0.2) is 258 Å². The van der Waals surface area contributed by atoms with Crippen LogP contribution in [0.2, 0.25) is 0 Å². The number of furan rings is 2. The van der Waals surface area contributed by atoms with Gasteiger partial charge in [0.15, 0.2) is 5.58 Å². The fourth-order valence-corrected chi connectivity index (χ4v) is 13.3. The Bertz CT molecular complexity index is 4950. The molecule has 0 atom stereocenters. The normalized spacial score (nSPS) is 13.3. The Labute approximate surface area is 461 Å². The summed E-state index contributed by atoms with van der Waals surface area (Å²) in [7, 11) is 0. The number of para-hydroxylation sites is 1. The van der Waals surface area contributed by atoms with Gasteiger partial charge in [0.25, 0.3) is 0 Å². The van der Waals surface area contributed by atoms with Crippen LogP contribution in [0.4, 0.5) is 17.1 Å². The molecule has 0 N–H and O–H groups in total. The Kier molecular flexibility index (Phi) is 9.92. The first-order chi connectivity index (χ1) is 39.3. The Hall–Kier alpha value is -10.4. The molecule has 2 aliphatic rings. The summed E-state index contributed by atoms with van der Waals surface area (Å²) >= 11 is 0. The number of nitrogens with zero attached hydrogens (tertiary/aromatic N) is 1. The molecular formula is C75H47NO4. The first-order valence-corrected chi connectivity index (χ1v) is 27.2. The molecule has 2 aliphatic carbocycles. The molecule has 0 radical (unpaired) electrons. The molecule has 0 fully saturated rings. The Morgan fingerprint density at radius 2 is 0.950 bits per heavy atom. The van der Waals surface area contributed by atoms with E-state index in [-0.39, 0.29) is 5.41 Å². The molecule has 0 spiro atoms. The number of benzene rings is 12. The lowest BCUT2D eigenvalue weighted by molar-refractivity contribution is 0.0815. The van der Waals surface area contributed by atoms with Gasteiger partial charge >= 0.3 is 0 Å². The highest BCUT2D eigenvalue weighted by molar-refractivity contribution is 6.55. The number of rotatable bonds is 7. The maximum atomic E-state index is 15.0. The molecule has 5 heteroatoms. The number of Topliss-reactive ketones (excluding diaryl/α,β-unsaturated/α-hetero) is 2. The minimum absolute atomic E-state index is 0.192. The molecule has 2 aromatic heterocycles. The van der Waals surface area contributed by atoms with Gasteiger partial charge in [0.1, 0.15) is 16.7 Å². The smallest absolute Gasteiger partial charge is 0.234 e. The van der Waals surface area contributed by atoms with Crippen molar-refractivity contribution in [3.05, 3.63) is 271 Å². The van der Waals surface area contributed by atoms with Crippen molar-refractivity contribution in [1.82, 2.24) is 0 Å². The average molecular weight is 1030 g/mol. The molecule has 0 bridgehead atoms. The van der Waals surface area contributed by atoms with Gasteiger partial charge in [0.2, 0.25) is 11.6 Å². The van der Waals surface area contributed by atoms with Crippen LogP contribution in [0.25, 0.3) is 121 Å². The van der Waals surface area contributed by atoms with E-state index in [1.807, 2.05) is 72.8 Å². The van der Waals surface area contributed by atoms with Gasteiger partial charge in [-0.3, -0.25) is 9.59 Å². The predicted octanol–water partition coefficient (Wildman–Crippen LogP) is 20.1. The van der Waals surface area contributed by atoms with E-state index in [9.17, 15) is 9.59 Å². The minimum atomic E-state index is -0.574. The summed E-state index contributed by atoms with van der Waals surface area (Å²) in [5, 5.41) is 5.48. The number of hydrogen-bond acceptors (Lipinski definition) is 5. The summed E-state index contributed by atoms with van der Waals surface area (Å²) in [6.07, 6.45) is 0. The molecule has 0 unspecified atom stereocenters. The van der Waals surface area contributed by atoms with E-state index in [1.54, 1.807) is 0 Å². The highest BCUT2D eigenvalue weighted by Crippen LogP contribution is 2.55. The minimum Gasteiger partial charge on any atom is -0.455 e. The van der Waals surface area contributed by atoms with Crippen LogP contribution in [0, 0.1) is 0 Å². The zero-order valence-corrected chi connectivity index (χ0v) is 43.8. The number of carbonyl (C=O) groups excluding carboxylic acids is 2. The van der Waals surface area contributed by atoms with Crippen molar-refractivity contribution < 1.29 is 18.4 Å². The van der Waals surface area contributed by atoms with Crippen molar-refractivity contribution in [2.45, 2.75) is 19.3 Å². The maximum Gasteiger partial charge on any atom is 0.234 e. The summed E-state index contributed by atoms with van der Waals surface area (Å²) < 4.78 is 14.6. The van der Waals surface area contributed by atoms with Crippen molar-refractivity contribution in [1.29, 1.82) is 0 Å². The van der Waals surface area contributed by atoms with Gasteiger partial charge < -0.3 is 13.7 Å². The second-order valence-corrected chi connectivity index (χ2v) is 21.7. The van der Waals surface area contributed by atoms with E-state index in [0.29, 0.717) is 50.1 Å². The molecule has 14 aromatic rings. The Morgan fingerprint density at radius 3 is 1.74 bits per heavy atom. The van der Waals surface area contributed by atoms with Gasteiger partial charge in [-0.2, -0.15) is 0 Å². The van der Waals surface area contributed by atoms with Crippen LogP contribution in [0.5, 0.6) is 0 Å². The topological polar surface area (TPSA) is 63.7 Å². The van der Waals surface area contributed by atoms with E-state index in [2.05, 4.69) is 195 Å². The third kappa shape index (κ3) is 6.64. The molecule has 2 heterocycles. The number of hydrogen-bond donors (Lipinski definition) is 0. The first kappa shape index (κ1) is 45.8. The van der Waals surface area contributed by atoms with Crippen LogP contribution < -0.4 is 4.90 Å². The molecule has 0 aliphatic heterocycles. The van der Waals surface area contributed by atoms with Crippen molar-refractivity contribution in [2.24, 2.45) is 0 Å². The number of carbonyl (C=O) groups is 2. The maximum absolute atomic E-state index is 15.0. The summed E-state index contributed by atoms with van der Waals surface area (Å²) in [6, 6.07) is 86.3. The lowest BCUT2D eigenvalue weighted by Crippen LogP contribution is -2.21. The summed E-state index contributed by atoms with van der Waals surface area (Å²) in [5.41, 5.74) is 19.9. The van der Waals surface area contributed by atoms with Crippen LogP contribution >= 0.6 is 0 Å². The molecule has 0 saturated heterocycles. The van der Waals surface area contributed by atoms with Gasteiger partial charge in [0.05, 0.1) is 11.4 Å². The Balaban J connectivity index is 0.988. The fourth-order valence-electron chi connectivity index (χ4n) is 13.3. The van der Waals surface area contributed by atoms with Gasteiger partial charge in [-0.25, -0.2) is 0 Å². The molecular weight excluding hydrogens is 979 g/mol. The fraction of sp³-hybridized carbons (Fsp3) is 0.0400. The average Bonchev–Trinajstić information content (AvgIpc) is 4.30. The van der Waals surface area contributed by atoms with Crippen molar-refractivity contribution in [2.75, 3.05) is 4.90 Å². The van der Waals surface area contributed by atoms with Crippen LogP contribution in [-0.2, 0) is 5.41 Å². The molecule has 12 aromatic carbocycles. The molecule has 5 nitrogen and oxygen atoms in total. The summed E-state index contributed by atoms with van der Waals surface area (Å²) in [4.78, 5) is 32.1. The number of anilines is 3. The molecule has 0 saturated carbocycles. The van der Waals surface area contributed by atoms with Crippen LogP contribution in [-0.4, -0.2) is 11.6 Å². The number of fused-ring (bicyclic) bond motifs is 15. The third-order valence-electron chi connectivity index (χ3n) is 17.0. The zero-order valence-electron chi connectivity index (χ0n) is 43.8. The SMILES string of the molecule is CC1(C)c2ccccc2-c2cc(N(c3cccc4cc(-c5ccccc5)ccc34)c3cccc4c3oc3c(-c5ccccc5)cc5c(c34)-c3c(ccc4c3oc3cccc(-c6ccccc6-c6ccccc6)c34)C(=O)C5=O)ccc21. The molecule has 0 amide bonds. The van der Waals surface area contributed by atoms with Crippen LogP contribution in [0.1, 0.15) is 45.7 Å². The highest BCUT2D eigenvalue weighted by atomic mass is 16.3. The van der Waals surface area contributed by atoms with E-state index in [4.69, 9.17) is 8.83 Å². The predicted molar refractivity (Wildman–Crippen MR) is 327 cm³/mol. The zero-order chi connectivity index (χ0) is 53.4. The van der Waals surface area contributed by atoms with Crippen molar-refractivity contribution in [3.8, 4) is 66.8 Å². The molecule has 80 heavy (non-hydrogen) atoms. The van der Waals surface area contributed by atoms with E-state index in [0.717, 1.165) is 88.3 Å². The van der Waals surface area contributed by atoms with Gasteiger partial charge in [-0.15, -0.1) is 0 Å². The van der Waals surface area contributed by atoms with E-state index >= 15 is 0 Å². The monoisotopic (exact) mass is 1030 g/mol. The van der Waals surface area contributed by atoms with E-state index < -0.39 is 11.6 Å². The quantitative estimate of drug-likeness (QED) is 0.149. The van der Waals surface area contributed by atoms with Crippen molar-refractivity contribution in [3.63, 3.8) is 0 Å². The van der Waals surface area contributed by atoms with E-state index in [1.165, 1.54) is 22.3 Å². The molecule has 16 rings (SSSR count). The Morgan fingerprint density at radius 1 is 0.338 bits per heavy atom. The molecule has 376 valence electrons. The standard InChI is InChI=1S/C75H47NO4/c1-75(2)61-31-15-14-28-53(61)59-42-49(36-40-62(59)75)76(63-32-16-25-48-41-47(35-37-51(48)63)44-19-6-3-7-20-44)64-33-17-30-56-69-67-60(43-58(74(69)80-72(56)64)46-23-10-5-11-24-46)71(78)70(77)55-38-39-57-66-54(29-18-34-65(66)79-73(57)68(55)67)52-27-13-12-26-50(52)45-21-8-4-9-22-45/h3-43H,1-2H3. The summed E-state index contributed by atoms with van der Waals surface area (Å²) in [6.45, 7) is 4.62. The lowest BCUT2D eigenvalue weighted by Gasteiger charge is -2.28. The van der Waals surface area contributed by atoms with Crippen LogP contribution in [0.3, 0.4) is 0 Å². The van der Waals surface area contributed by atoms with Gasteiger partial charge in [0, 0.05) is 65.9 Å². The summed E-state index contributed by atoms with van der Waals surface area (Å²) in [5.74, 6) is -1.14. The van der Waals surface area contributed by atoms with Gasteiger partial charge in [-0.1, -0.05) is 208 Å². The first-order valence-electron chi connectivity index (χ1n) is 27.2. The van der Waals surface area contributed by atoms with Crippen molar-refractivity contribution >= 4 is 83.3 Å². The third-order valence-corrected chi connectivity index (χ3v) is 17.0. The lowest BCUT2D eigenvalue weighted by atomic mass is 9.79.